The van der Waals surface area contributed by atoms with Crippen molar-refractivity contribution in [1.29, 1.82) is 0 Å². The summed E-state index contributed by atoms with van der Waals surface area (Å²) in [7, 11) is 1.57. The Hall–Kier alpha value is -3.91. The molecule has 0 unspecified atom stereocenters. The number of rotatable bonds is 2. The van der Waals surface area contributed by atoms with E-state index >= 15 is 0 Å². The quantitative estimate of drug-likeness (QED) is 0.447. The monoisotopic (exact) mass is 420 g/mol. The van der Waals surface area contributed by atoms with E-state index in [4.69, 9.17) is 11.6 Å². The van der Waals surface area contributed by atoms with E-state index in [1.54, 1.807) is 49.5 Å². The van der Waals surface area contributed by atoms with E-state index in [-0.39, 0.29) is 38.5 Å². The fourth-order valence-electron chi connectivity index (χ4n) is 3.83. The van der Waals surface area contributed by atoms with Crippen molar-refractivity contribution < 1.29 is 9.90 Å². The summed E-state index contributed by atoms with van der Waals surface area (Å²) < 4.78 is 1.37. The number of para-hydroxylation sites is 2. The number of halogens is 1. The third kappa shape index (κ3) is 2.34. The molecule has 30 heavy (non-hydrogen) atoms. The number of H-pyrrole nitrogens is 2. The molecule has 4 aromatic rings. The lowest BCUT2D eigenvalue weighted by molar-refractivity contribution is -0.112. The Morgan fingerprint density at radius 1 is 1.00 bits per heavy atom. The second-order valence-electron chi connectivity index (χ2n) is 6.86. The van der Waals surface area contributed by atoms with Crippen LogP contribution in [0, 0.1) is 0 Å². The first-order chi connectivity index (χ1) is 14.4. The van der Waals surface area contributed by atoms with Gasteiger partial charge in [-0.15, -0.1) is 0 Å². The van der Waals surface area contributed by atoms with E-state index in [0.717, 1.165) is 0 Å². The van der Waals surface area contributed by atoms with Crippen molar-refractivity contribution in [1.82, 2.24) is 14.8 Å². The summed E-state index contributed by atoms with van der Waals surface area (Å²) in [5.74, 6) is -0.943. The van der Waals surface area contributed by atoms with Crippen molar-refractivity contribution in [2.24, 2.45) is 12.0 Å². The molecule has 1 amide bonds. The molecule has 3 N–H and O–H groups in total. The molecule has 148 valence electrons. The molecule has 0 spiro atoms. The second kappa shape index (κ2) is 6.30. The summed E-state index contributed by atoms with van der Waals surface area (Å²) in [5.41, 5.74) is -0.800. The van der Waals surface area contributed by atoms with Crippen LogP contribution in [0.1, 0.15) is 5.56 Å². The molecule has 0 radical (unpaired) electrons. The molecule has 9 heteroatoms. The lowest BCUT2D eigenvalue weighted by Gasteiger charge is -2.11. The summed E-state index contributed by atoms with van der Waals surface area (Å²) >= 11 is 6.15. The highest BCUT2D eigenvalue weighted by molar-refractivity contribution is 6.31. The van der Waals surface area contributed by atoms with Crippen LogP contribution in [0.15, 0.2) is 57.0 Å². The average molecular weight is 421 g/mol. The molecular weight excluding hydrogens is 408 g/mol. The maximum atomic E-state index is 13.1. The van der Waals surface area contributed by atoms with Gasteiger partial charge in [0.2, 0.25) is 0 Å². The number of aromatic amines is 2. The average Bonchev–Trinajstić information content (AvgIpc) is 3.26. The van der Waals surface area contributed by atoms with Gasteiger partial charge in [-0.2, -0.15) is 0 Å². The van der Waals surface area contributed by atoms with Gasteiger partial charge in [-0.05, 0) is 18.2 Å². The summed E-state index contributed by atoms with van der Waals surface area (Å²) in [5, 5.41) is 17.3. The summed E-state index contributed by atoms with van der Waals surface area (Å²) in [6, 6.07) is 11.7. The molecule has 0 bridgehead atoms. The Morgan fingerprint density at radius 2 is 1.77 bits per heavy atom. The van der Waals surface area contributed by atoms with Crippen LogP contribution in [0.4, 0.5) is 0 Å². The zero-order chi connectivity index (χ0) is 21.2. The number of hydrogen-bond donors (Lipinski definition) is 3. The molecule has 0 aliphatic carbocycles. The van der Waals surface area contributed by atoms with Crippen LogP contribution in [0.5, 0.6) is 5.75 Å². The lowest BCUT2D eigenvalue weighted by Crippen LogP contribution is -2.26. The van der Waals surface area contributed by atoms with Gasteiger partial charge in [0.1, 0.15) is 11.3 Å². The Kier molecular flexibility index (Phi) is 3.81. The van der Waals surface area contributed by atoms with Crippen LogP contribution >= 0.6 is 11.6 Å². The van der Waals surface area contributed by atoms with Crippen LogP contribution < -0.4 is 21.7 Å². The van der Waals surface area contributed by atoms with Crippen molar-refractivity contribution in [2.75, 3.05) is 0 Å². The van der Waals surface area contributed by atoms with Crippen LogP contribution in [0.2, 0.25) is 5.02 Å². The zero-order valence-corrected chi connectivity index (χ0v) is 16.2. The Balaban J connectivity index is 1.93. The SMILES string of the molecule is Cn1c(=O)c(-c2[nH][nH]c(=O)c2C2=c3cccc(Cl)c3=NC2=O)c(O)c2ccccc21. The van der Waals surface area contributed by atoms with Gasteiger partial charge < -0.3 is 9.67 Å². The highest BCUT2D eigenvalue weighted by atomic mass is 35.5. The first kappa shape index (κ1) is 18.1. The number of nitrogens with zero attached hydrogens (tertiary/aromatic N) is 2. The van der Waals surface area contributed by atoms with Gasteiger partial charge in [-0.1, -0.05) is 35.9 Å². The van der Waals surface area contributed by atoms with Crippen LogP contribution in [0.25, 0.3) is 27.7 Å². The van der Waals surface area contributed by atoms with Crippen LogP contribution in [-0.4, -0.2) is 25.8 Å². The van der Waals surface area contributed by atoms with Crippen molar-refractivity contribution in [3.63, 3.8) is 0 Å². The van der Waals surface area contributed by atoms with Gasteiger partial charge in [0.15, 0.2) is 0 Å². The highest BCUT2D eigenvalue weighted by Gasteiger charge is 2.29. The minimum Gasteiger partial charge on any atom is -0.506 e. The molecule has 8 nitrogen and oxygen atoms in total. The van der Waals surface area contributed by atoms with Crippen LogP contribution in [-0.2, 0) is 11.8 Å². The molecule has 1 aliphatic rings. The van der Waals surface area contributed by atoms with Gasteiger partial charge in [0.25, 0.3) is 17.0 Å². The smallest absolute Gasteiger partial charge is 0.279 e. The van der Waals surface area contributed by atoms with Crippen LogP contribution in [0.3, 0.4) is 0 Å². The topological polar surface area (TPSA) is 120 Å². The normalized spacial score (nSPS) is 13.0. The molecular formula is C21H13ClN4O4. The fourth-order valence-corrected chi connectivity index (χ4v) is 4.05. The maximum Gasteiger partial charge on any atom is 0.279 e. The van der Waals surface area contributed by atoms with E-state index in [0.29, 0.717) is 16.1 Å². The first-order valence-corrected chi connectivity index (χ1v) is 9.32. The molecule has 0 atom stereocenters. The molecule has 2 aromatic heterocycles. The Labute approximate surface area is 172 Å². The number of amides is 1. The molecule has 2 aromatic carbocycles. The first-order valence-electron chi connectivity index (χ1n) is 8.94. The number of hydrogen-bond acceptors (Lipinski definition) is 4. The predicted octanol–water partition coefficient (Wildman–Crippen LogP) is 0.940. The molecule has 0 saturated heterocycles. The van der Waals surface area contributed by atoms with Crippen molar-refractivity contribution in [2.45, 2.75) is 0 Å². The Morgan fingerprint density at radius 3 is 2.57 bits per heavy atom. The van der Waals surface area contributed by atoms with E-state index in [1.165, 1.54) is 4.57 Å². The van der Waals surface area contributed by atoms with Gasteiger partial charge in [0, 0.05) is 17.7 Å². The standard InChI is InChI=1S/C21H13ClN4O4/c1-26-12-8-3-2-5-9(12)18(27)15(21(26)30)17-14(20(29)25-24-17)13-10-6-4-7-11(22)16(10)23-19(13)28/h2-8,27H,1H3,(H2,24,25,29). The number of aromatic nitrogens is 3. The third-order valence-corrected chi connectivity index (χ3v) is 5.54. The third-order valence-electron chi connectivity index (χ3n) is 5.24. The van der Waals surface area contributed by atoms with Crippen molar-refractivity contribution in [3.8, 4) is 17.0 Å². The van der Waals surface area contributed by atoms with E-state index < -0.39 is 17.0 Å². The number of aryl methyl sites for hydroxylation is 1. The molecule has 0 saturated carbocycles. The van der Waals surface area contributed by atoms with Gasteiger partial charge >= 0.3 is 0 Å². The van der Waals surface area contributed by atoms with Crippen molar-refractivity contribution >= 4 is 34.0 Å². The number of carbonyl (C=O) groups excluding carboxylic acids is 1. The van der Waals surface area contributed by atoms with E-state index in [9.17, 15) is 19.5 Å². The van der Waals surface area contributed by atoms with Gasteiger partial charge in [0.05, 0.1) is 32.7 Å². The number of pyridine rings is 1. The maximum absolute atomic E-state index is 13.1. The second-order valence-corrected chi connectivity index (χ2v) is 7.27. The number of nitrogens with one attached hydrogen (secondary N) is 2. The largest absolute Gasteiger partial charge is 0.506 e. The zero-order valence-electron chi connectivity index (χ0n) is 15.5. The molecule has 5 rings (SSSR count). The van der Waals surface area contributed by atoms with E-state index in [1.807, 2.05) is 0 Å². The summed E-state index contributed by atoms with van der Waals surface area (Å²) in [4.78, 5) is 42.4. The Bertz CT molecular complexity index is 1640. The number of benzene rings is 2. The number of fused-ring (bicyclic) bond motifs is 2. The lowest BCUT2D eigenvalue weighted by atomic mass is 9.98. The highest BCUT2D eigenvalue weighted by Crippen LogP contribution is 2.34. The minimum absolute atomic E-state index is 0.00947. The molecule has 3 heterocycles. The summed E-state index contributed by atoms with van der Waals surface area (Å²) in [6.07, 6.45) is 0. The summed E-state index contributed by atoms with van der Waals surface area (Å²) in [6.45, 7) is 0. The molecule has 0 fully saturated rings. The fraction of sp³-hybridized carbons (Fsp3) is 0.0476. The number of carbonyl (C=O) groups is 1. The van der Waals surface area contributed by atoms with Gasteiger partial charge in [-0.3, -0.25) is 24.6 Å². The van der Waals surface area contributed by atoms with Crippen molar-refractivity contribution in [3.05, 3.63) is 84.3 Å². The predicted molar refractivity (Wildman–Crippen MR) is 111 cm³/mol. The molecule has 1 aliphatic heterocycles. The minimum atomic E-state index is -0.651. The van der Waals surface area contributed by atoms with E-state index in [2.05, 4.69) is 15.2 Å². The van der Waals surface area contributed by atoms with Gasteiger partial charge in [-0.25, -0.2) is 4.99 Å². The number of aromatic hydroxyl groups is 1.